The van der Waals surface area contributed by atoms with Crippen molar-refractivity contribution in [1.82, 2.24) is 9.78 Å². The van der Waals surface area contributed by atoms with E-state index < -0.39 is 11.9 Å². The SMILES string of the molecule is CCc1ccccc1-n1ncc(C(=O)OC)c1CC(=O)OC. The standard InChI is InChI=1S/C16H18N2O4/c1-4-11-7-5-6-8-13(11)18-14(9-15(19)21-2)12(10-17-18)16(20)22-3/h5-8,10H,4,9H2,1-3H3. The lowest BCUT2D eigenvalue weighted by Gasteiger charge is -2.12. The zero-order valence-corrected chi connectivity index (χ0v) is 12.8. The third-order valence-electron chi connectivity index (χ3n) is 3.41. The van der Waals surface area contributed by atoms with Crippen molar-refractivity contribution in [2.45, 2.75) is 19.8 Å². The van der Waals surface area contributed by atoms with Crippen molar-refractivity contribution in [3.63, 3.8) is 0 Å². The van der Waals surface area contributed by atoms with Crippen LogP contribution < -0.4 is 0 Å². The van der Waals surface area contributed by atoms with Gasteiger partial charge in [-0.1, -0.05) is 25.1 Å². The first kappa shape index (κ1) is 15.8. The molecule has 1 aromatic carbocycles. The molecule has 22 heavy (non-hydrogen) atoms. The lowest BCUT2D eigenvalue weighted by atomic mass is 10.1. The van der Waals surface area contributed by atoms with Crippen molar-refractivity contribution in [1.29, 1.82) is 0 Å². The van der Waals surface area contributed by atoms with E-state index in [9.17, 15) is 9.59 Å². The average Bonchev–Trinajstić information content (AvgIpc) is 2.97. The first-order valence-corrected chi connectivity index (χ1v) is 6.92. The Balaban J connectivity index is 2.58. The Morgan fingerprint density at radius 1 is 1.18 bits per heavy atom. The van der Waals surface area contributed by atoms with Gasteiger partial charge in [0, 0.05) is 0 Å². The Bertz CT molecular complexity index is 691. The van der Waals surface area contributed by atoms with Crippen molar-refractivity contribution < 1.29 is 19.1 Å². The highest BCUT2D eigenvalue weighted by Gasteiger charge is 2.22. The maximum absolute atomic E-state index is 11.9. The van der Waals surface area contributed by atoms with Crippen LogP contribution in [0.25, 0.3) is 5.69 Å². The molecule has 2 rings (SSSR count). The Morgan fingerprint density at radius 2 is 1.91 bits per heavy atom. The normalized spacial score (nSPS) is 10.3. The van der Waals surface area contributed by atoms with Crippen LogP contribution in [0.4, 0.5) is 0 Å². The number of rotatable bonds is 5. The van der Waals surface area contributed by atoms with Crippen LogP contribution >= 0.6 is 0 Å². The van der Waals surface area contributed by atoms with Crippen molar-refractivity contribution in [2.75, 3.05) is 14.2 Å². The van der Waals surface area contributed by atoms with E-state index in [0.29, 0.717) is 5.69 Å². The smallest absolute Gasteiger partial charge is 0.341 e. The Morgan fingerprint density at radius 3 is 2.55 bits per heavy atom. The second-order valence-electron chi connectivity index (χ2n) is 4.64. The first-order valence-electron chi connectivity index (χ1n) is 6.92. The molecular weight excluding hydrogens is 284 g/mol. The summed E-state index contributed by atoms with van der Waals surface area (Å²) in [4.78, 5) is 23.5. The van der Waals surface area contributed by atoms with Gasteiger partial charge in [-0.3, -0.25) is 4.79 Å². The fourth-order valence-electron chi connectivity index (χ4n) is 2.26. The summed E-state index contributed by atoms with van der Waals surface area (Å²) in [6.45, 7) is 2.03. The molecule has 1 heterocycles. The number of carbonyl (C=O) groups excluding carboxylic acids is 2. The molecule has 0 atom stereocenters. The number of ether oxygens (including phenoxy) is 2. The number of para-hydroxylation sites is 1. The van der Waals surface area contributed by atoms with Crippen LogP contribution in [0.15, 0.2) is 30.5 Å². The third kappa shape index (κ3) is 3.00. The average molecular weight is 302 g/mol. The highest BCUT2D eigenvalue weighted by molar-refractivity contribution is 5.92. The Hall–Kier alpha value is -2.63. The van der Waals surface area contributed by atoms with Gasteiger partial charge in [-0.15, -0.1) is 0 Å². The number of aromatic nitrogens is 2. The van der Waals surface area contributed by atoms with Crippen LogP contribution in [0.1, 0.15) is 28.5 Å². The van der Waals surface area contributed by atoms with E-state index in [2.05, 4.69) is 5.10 Å². The van der Waals surface area contributed by atoms with Gasteiger partial charge in [-0.25, -0.2) is 9.48 Å². The van der Waals surface area contributed by atoms with Crippen molar-refractivity contribution in [2.24, 2.45) is 0 Å². The van der Waals surface area contributed by atoms with Crippen LogP contribution in [-0.4, -0.2) is 35.9 Å². The van der Waals surface area contributed by atoms with Gasteiger partial charge in [0.25, 0.3) is 0 Å². The molecule has 0 fully saturated rings. The number of hydrogen-bond donors (Lipinski definition) is 0. The molecule has 116 valence electrons. The molecule has 6 nitrogen and oxygen atoms in total. The highest BCUT2D eigenvalue weighted by Crippen LogP contribution is 2.20. The maximum Gasteiger partial charge on any atom is 0.341 e. The molecular formula is C16H18N2O4. The van der Waals surface area contributed by atoms with Crippen LogP contribution in [0, 0.1) is 0 Å². The molecule has 0 spiro atoms. The summed E-state index contributed by atoms with van der Waals surface area (Å²) in [5.74, 6) is -0.972. The number of nitrogens with zero attached hydrogens (tertiary/aromatic N) is 2. The molecule has 6 heteroatoms. The molecule has 2 aromatic rings. The summed E-state index contributed by atoms with van der Waals surface area (Å²) in [5.41, 5.74) is 2.62. The predicted molar refractivity (Wildman–Crippen MR) is 80.0 cm³/mol. The fraction of sp³-hybridized carbons (Fsp3) is 0.312. The zero-order valence-electron chi connectivity index (χ0n) is 12.8. The second-order valence-corrected chi connectivity index (χ2v) is 4.64. The van der Waals surface area contributed by atoms with Crippen molar-refractivity contribution in [3.8, 4) is 5.69 Å². The van der Waals surface area contributed by atoms with E-state index in [-0.39, 0.29) is 12.0 Å². The van der Waals surface area contributed by atoms with Gasteiger partial charge in [-0.05, 0) is 18.1 Å². The number of aryl methyl sites for hydroxylation is 1. The van der Waals surface area contributed by atoms with Gasteiger partial charge >= 0.3 is 11.9 Å². The van der Waals surface area contributed by atoms with E-state index >= 15 is 0 Å². The summed E-state index contributed by atoms with van der Waals surface area (Å²) in [7, 11) is 2.60. The van der Waals surface area contributed by atoms with Gasteiger partial charge in [0.15, 0.2) is 0 Å². The summed E-state index contributed by atoms with van der Waals surface area (Å²) in [5, 5.41) is 4.26. The number of hydrogen-bond acceptors (Lipinski definition) is 5. The lowest BCUT2D eigenvalue weighted by Crippen LogP contribution is -2.15. The quantitative estimate of drug-likeness (QED) is 0.789. The topological polar surface area (TPSA) is 70.4 Å². The van der Waals surface area contributed by atoms with E-state index in [4.69, 9.17) is 9.47 Å². The van der Waals surface area contributed by atoms with Crippen molar-refractivity contribution in [3.05, 3.63) is 47.3 Å². The summed E-state index contributed by atoms with van der Waals surface area (Å²) in [6.07, 6.45) is 2.16. The van der Waals surface area contributed by atoms with E-state index in [1.807, 2.05) is 31.2 Å². The largest absolute Gasteiger partial charge is 0.469 e. The van der Waals surface area contributed by atoms with Crippen LogP contribution in [-0.2, 0) is 27.1 Å². The molecule has 0 aliphatic carbocycles. The van der Waals surface area contributed by atoms with Gasteiger partial charge in [0.05, 0.1) is 38.2 Å². The summed E-state index contributed by atoms with van der Waals surface area (Å²) < 4.78 is 11.1. The van der Waals surface area contributed by atoms with Gasteiger partial charge in [0.2, 0.25) is 0 Å². The molecule has 0 aliphatic heterocycles. The molecule has 0 unspecified atom stereocenters. The molecule has 0 aliphatic rings. The third-order valence-corrected chi connectivity index (χ3v) is 3.41. The predicted octanol–water partition coefficient (Wildman–Crippen LogP) is 1.94. The molecule has 0 bridgehead atoms. The number of carbonyl (C=O) groups is 2. The summed E-state index contributed by atoms with van der Waals surface area (Å²) >= 11 is 0. The zero-order chi connectivity index (χ0) is 16.1. The molecule has 0 radical (unpaired) electrons. The number of benzene rings is 1. The molecule has 1 aromatic heterocycles. The Labute approximate surface area is 128 Å². The van der Waals surface area contributed by atoms with E-state index in [0.717, 1.165) is 17.7 Å². The lowest BCUT2D eigenvalue weighted by molar-refractivity contribution is -0.139. The second kappa shape index (κ2) is 6.89. The maximum atomic E-state index is 11.9. The van der Waals surface area contributed by atoms with E-state index in [1.54, 1.807) is 4.68 Å². The monoisotopic (exact) mass is 302 g/mol. The van der Waals surface area contributed by atoms with E-state index in [1.165, 1.54) is 20.4 Å². The minimum Gasteiger partial charge on any atom is -0.469 e. The van der Waals surface area contributed by atoms with Crippen LogP contribution in [0.3, 0.4) is 0 Å². The molecule has 0 saturated carbocycles. The number of methoxy groups -OCH3 is 2. The van der Waals surface area contributed by atoms with Gasteiger partial charge in [-0.2, -0.15) is 5.10 Å². The first-order chi connectivity index (χ1) is 10.6. The molecule has 0 N–H and O–H groups in total. The summed E-state index contributed by atoms with van der Waals surface area (Å²) in [6, 6.07) is 7.70. The van der Waals surface area contributed by atoms with Gasteiger partial charge < -0.3 is 9.47 Å². The van der Waals surface area contributed by atoms with Crippen molar-refractivity contribution >= 4 is 11.9 Å². The van der Waals surface area contributed by atoms with Crippen LogP contribution in [0.2, 0.25) is 0 Å². The molecule has 0 saturated heterocycles. The Kier molecular flexibility index (Phi) is 4.93. The number of esters is 2. The van der Waals surface area contributed by atoms with Gasteiger partial charge in [0.1, 0.15) is 5.56 Å². The molecule has 0 amide bonds. The fourth-order valence-corrected chi connectivity index (χ4v) is 2.26. The minimum atomic E-state index is -0.529. The minimum absolute atomic E-state index is 0.0566. The highest BCUT2D eigenvalue weighted by atomic mass is 16.5. The van der Waals surface area contributed by atoms with Crippen LogP contribution in [0.5, 0.6) is 0 Å².